The van der Waals surface area contributed by atoms with E-state index in [-0.39, 0.29) is 5.75 Å². The van der Waals surface area contributed by atoms with Crippen molar-refractivity contribution in [2.24, 2.45) is 4.99 Å². The Morgan fingerprint density at radius 1 is 1.17 bits per heavy atom. The maximum Gasteiger partial charge on any atom is 0.191 e. The summed E-state index contributed by atoms with van der Waals surface area (Å²) in [7, 11) is -3.21. The van der Waals surface area contributed by atoms with Crippen LogP contribution >= 0.6 is 0 Å². The third-order valence-electron chi connectivity index (χ3n) is 4.23. The Kier molecular flexibility index (Phi) is 7.56. The number of nitrogens with zero attached hydrogens (tertiary/aromatic N) is 1. The Morgan fingerprint density at radius 2 is 1.88 bits per heavy atom. The molecule has 5 nitrogen and oxygen atoms in total. The van der Waals surface area contributed by atoms with E-state index in [0.29, 0.717) is 23.9 Å². The van der Waals surface area contributed by atoms with Crippen LogP contribution in [0.4, 0.5) is 0 Å². The summed E-state index contributed by atoms with van der Waals surface area (Å²) in [6.07, 6.45) is 6.76. The number of nitrogens with one attached hydrogen (secondary N) is 2. The van der Waals surface area contributed by atoms with Crippen molar-refractivity contribution in [3.05, 3.63) is 30.3 Å². The lowest BCUT2D eigenvalue weighted by molar-refractivity contribution is 0.410. The summed E-state index contributed by atoms with van der Waals surface area (Å²) in [5.74, 6) is 0.935. The summed E-state index contributed by atoms with van der Waals surface area (Å²) in [6, 6.07) is 9.11. The van der Waals surface area contributed by atoms with Gasteiger partial charge < -0.3 is 10.6 Å². The van der Waals surface area contributed by atoms with E-state index in [1.54, 1.807) is 24.3 Å². The van der Waals surface area contributed by atoms with Crippen molar-refractivity contribution in [2.45, 2.75) is 56.4 Å². The van der Waals surface area contributed by atoms with Crippen LogP contribution in [0.5, 0.6) is 0 Å². The zero-order chi connectivity index (χ0) is 17.3. The third kappa shape index (κ3) is 6.15. The SMILES string of the molecule is CCNC(=NCCCS(=O)(=O)c1ccccc1)NC1CCCCC1. The largest absolute Gasteiger partial charge is 0.357 e. The van der Waals surface area contributed by atoms with E-state index in [0.717, 1.165) is 12.5 Å². The predicted octanol–water partition coefficient (Wildman–Crippen LogP) is 2.74. The van der Waals surface area contributed by atoms with E-state index >= 15 is 0 Å². The van der Waals surface area contributed by atoms with Gasteiger partial charge in [-0.25, -0.2) is 8.42 Å². The van der Waals surface area contributed by atoms with Crippen LogP contribution in [-0.4, -0.2) is 39.3 Å². The minimum atomic E-state index is -3.21. The van der Waals surface area contributed by atoms with Crippen LogP contribution in [0, 0.1) is 0 Å². The van der Waals surface area contributed by atoms with Gasteiger partial charge in [-0.05, 0) is 38.3 Å². The maximum absolute atomic E-state index is 12.2. The Bertz CT molecular complexity index is 608. The highest BCUT2D eigenvalue weighted by molar-refractivity contribution is 7.91. The number of hydrogen-bond acceptors (Lipinski definition) is 3. The van der Waals surface area contributed by atoms with Gasteiger partial charge in [-0.3, -0.25) is 4.99 Å². The van der Waals surface area contributed by atoms with Crippen molar-refractivity contribution in [1.82, 2.24) is 10.6 Å². The fraction of sp³-hybridized carbons (Fsp3) is 0.611. The Balaban J connectivity index is 1.83. The van der Waals surface area contributed by atoms with Gasteiger partial charge in [0.1, 0.15) is 0 Å². The molecule has 1 aromatic carbocycles. The van der Waals surface area contributed by atoms with Gasteiger partial charge in [-0.15, -0.1) is 0 Å². The van der Waals surface area contributed by atoms with Gasteiger partial charge in [-0.1, -0.05) is 37.5 Å². The summed E-state index contributed by atoms with van der Waals surface area (Å²) in [6.45, 7) is 3.35. The van der Waals surface area contributed by atoms with Gasteiger partial charge >= 0.3 is 0 Å². The normalized spacial score (nSPS) is 16.8. The molecule has 1 aliphatic carbocycles. The average molecular weight is 352 g/mol. The van der Waals surface area contributed by atoms with Gasteiger partial charge in [0, 0.05) is 19.1 Å². The fourth-order valence-electron chi connectivity index (χ4n) is 2.95. The van der Waals surface area contributed by atoms with Crippen molar-refractivity contribution in [1.29, 1.82) is 0 Å². The van der Waals surface area contributed by atoms with Crippen molar-refractivity contribution in [3.8, 4) is 0 Å². The molecule has 1 saturated carbocycles. The number of sulfone groups is 1. The van der Waals surface area contributed by atoms with Crippen molar-refractivity contribution in [3.63, 3.8) is 0 Å². The molecule has 2 rings (SSSR count). The van der Waals surface area contributed by atoms with Crippen LogP contribution in [0.2, 0.25) is 0 Å². The molecule has 6 heteroatoms. The van der Waals surface area contributed by atoms with Crippen LogP contribution in [0.25, 0.3) is 0 Å². The minimum absolute atomic E-state index is 0.128. The third-order valence-corrected chi connectivity index (χ3v) is 6.05. The fourth-order valence-corrected chi connectivity index (χ4v) is 4.27. The molecule has 0 heterocycles. The molecule has 0 bridgehead atoms. The van der Waals surface area contributed by atoms with Gasteiger partial charge in [0.2, 0.25) is 0 Å². The lowest BCUT2D eigenvalue weighted by Crippen LogP contribution is -2.44. The van der Waals surface area contributed by atoms with E-state index in [1.807, 2.05) is 13.0 Å². The van der Waals surface area contributed by atoms with E-state index in [2.05, 4.69) is 15.6 Å². The molecule has 0 aliphatic heterocycles. The van der Waals surface area contributed by atoms with E-state index in [9.17, 15) is 8.42 Å². The Hall–Kier alpha value is -1.56. The van der Waals surface area contributed by atoms with Crippen LogP contribution < -0.4 is 10.6 Å². The average Bonchev–Trinajstić information content (AvgIpc) is 2.60. The molecule has 1 fully saturated rings. The minimum Gasteiger partial charge on any atom is -0.357 e. The zero-order valence-electron chi connectivity index (χ0n) is 14.5. The molecule has 0 saturated heterocycles. The lowest BCUT2D eigenvalue weighted by atomic mass is 9.96. The summed E-state index contributed by atoms with van der Waals surface area (Å²) in [5.41, 5.74) is 0. The molecule has 0 radical (unpaired) electrons. The first-order valence-electron chi connectivity index (χ1n) is 8.94. The standard InChI is InChI=1S/C18H29N3O2S/c1-2-19-18(21-16-10-5-3-6-11-16)20-14-9-15-24(22,23)17-12-7-4-8-13-17/h4,7-8,12-13,16H,2-3,5-6,9-11,14-15H2,1H3,(H2,19,20,21). The molecule has 0 unspecified atom stereocenters. The predicted molar refractivity (Wildman–Crippen MR) is 99.1 cm³/mol. The Morgan fingerprint density at radius 3 is 2.54 bits per heavy atom. The second-order valence-electron chi connectivity index (χ2n) is 6.23. The molecule has 0 amide bonds. The first-order chi connectivity index (χ1) is 11.6. The monoisotopic (exact) mass is 351 g/mol. The molecule has 0 atom stereocenters. The molecule has 24 heavy (non-hydrogen) atoms. The quantitative estimate of drug-likeness (QED) is 0.450. The van der Waals surface area contributed by atoms with E-state index < -0.39 is 9.84 Å². The first-order valence-corrected chi connectivity index (χ1v) is 10.6. The smallest absolute Gasteiger partial charge is 0.191 e. The zero-order valence-corrected chi connectivity index (χ0v) is 15.3. The van der Waals surface area contributed by atoms with Gasteiger partial charge in [0.05, 0.1) is 10.6 Å². The number of guanidine groups is 1. The second kappa shape index (κ2) is 9.67. The van der Waals surface area contributed by atoms with Crippen LogP contribution in [0.15, 0.2) is 40.2 Å². The highest BCUT2D eigenvalue weighted by atomic mass is 32.2. The first kappa shape index (κ1) is 18.8. The summed E-state index contributed by atoms with van der Waals surface area (Å²) < 4.78 is 24.5. The summed E-state index contributed by atoms with van der Waals surface area (Å²) >= 11 is 0. The number of rotatable bonds is 7. The highest BCUT2D eigenvalue weighted by Gasteiger charge is 2.15. The van der Waals surface area contributed by atoms with Gasteiger partial charge in [0.25, 0.3) is 0 Å². The van der Waals surface area contributed by atoms with Crippen LogP contribution in [0.3, 0.4) is 0 Å². The molecule has 1 aliphatic rings. The molecule has 0 aromatic heterocycles. The molecule has 2 N–H and O–H groups in total. The number of aliphatic imine (C=N–C) groups is 1. The van der Waals surface area contributed by atoms with Crippen molar-refractivity contribution < 1.29 is 8.42 Å². The maximum atomic E-state index is 12.2. The molecular formula is C18H29N3O2S. The summed E-state index contributed by atoms with van der Waals surface area (Å²) in [4.78, 5) is 4.92. The molecule has 134 valence electrons. The Labute approximate surface area is 145 Å². The topological polar surface area (TPSA) is 70.6 Å². The molecular weight excluding hydrogens is 322 g/mol. The summed E-state index contributed by atoms with van der Waals surface area (Å²) in [5, 5.41) is 6.72. The number of benzene rings is 1. The van der Waals surface area contributed by atoms with E-state index in [4.69, 9.17) is 0 Å². The van der Waals surface area contributed by atoms with Crippen LogP contribution in [-0.2, 0) is 9.84 Å². The molecule has 1 aromatic rings. The van der Waals surface area contributed by atoms with Crippen LogP contribution in [0.1, 0.15) is 45.4 Å². The van der Waals surface area contributed by atoms with Crippen molar-refractivity contribution in [2.75, 3.05) is 18.8 Å². The molecule has 0 spiro atoms. The number of hydrogen-bond donors (Lipinski definition) is 2. The van der Waals surface area contributed by atoms with Gasteiger partial charge in [0.15, 0.2) is 15.8 Å². The lowest BCUT2D eigenvalue weighted by Gasteiger charge is -2.24. The van der Waals surface area contributed by atoms with Crippen molar-refractivity contribution >= 4 is 15.8 Å². The second-order valence-corrected chi connectivity index (χ2v) is 8.33. The highest BCUT2D eigenvalue weighted by Crippen LogP contribution is 2.17. The van der Waals surface area contributed by atoms with E-state index in [1.165, 1.54) is 32.1 Å². The van der Waals surface area contributed by atoms with Gasteiger partial charge in [-0.2, -0.15) is 0 Å².